The molecule has 0 rings (SSSR count). The summed E-state index contributed by atoms with van der Waals surface area (Å²) in [6, 6.07) is 0. The third-order valence-corrected chi connectivity index (χ3v) is 5.42. The summed E-state index contributed by atoms with van der Waals surface area (Å²) < 4.78 is 0. The van der Waals surface area contributed by atoms with Crippen molar-refractivity contribution >= 4 is 0 Å². The van der Waals surface area contributed by atoms with Gasteiger partial charge in [-0.1, -0.05) is 62.3 Å². The Morgan fingerprint density at radius 1 is 0.312 bits per heavy atom. The molecule has 16 heavy (non-hydrogen) atoms. The smallest absolute Gasteiger partial charge is 0.0386 e. The van der Waals surface area contributed by atoms with Gasteiger partial charge in [-0.25, -0.2) is 0 Å². The highest BCUT2D eigenvalue weighted by Gasteiger charge is 2.29. The minimum absolute atomic E-state index is 0.805. The van der Waals surface area contributed by atoms with Crippen LogP contribution in [0.25, 0.3) is 0 Å². The molecule has 0 bridgehead atoms. The van der Waals surface area contributed by atoms with Crippen molar-refractivity contribution in [3.63, 3.8) is 0 Å². The van der Waals surface area contributed by atoms with Crippen LogP contribution in [0.3, 0.4) is 0 Å². The molecule has 0 aliphatic heterocycles. The molecule has 0 N–H and O–H groups in total. The van der Waals surface area contributed by atoms with Crippen LogP contribution in [0.2, 0.25) is 0 Å². The van der Waals surface area contributed by atoms with Gasteiger partial charge >= 0.3 is 0 Å². The molecule has 0 amide bonds. The van der Waals surface area contributed by atoms with E-state index in [1.165, 1.54) is 0 Å². The molecule has 0 heteroatoms. The molecule has 0 fully saturated rings. The van der Waals surface area contributed by atoms with Gasteiger partial charge in [-0.15, -0.1) is 0 Å². The molecule has 0 saturated heterocycles. The van der Waals surface area contributed by atoms with Gasteiger partial charge in [-0.2, -0.15) is 0 Å². The van der Waals surface area contributed by atoms with Crippen molar-refractivity contribution in [3.8, 4) is 0 Å². The maximum atomic E-state index is 2.45. The van der Waals surface area contributed by atoms with Crippen LogP contribution in [0.5, 0.6) is 0 Å². The van der Waals surface area contributed by atoms with Crippen LogP contribution in [-0.2, 0) is 0 Å². The van der Waals surface area contributed by atoms with E-state index in [2.05, 4.69) is 62.3 Å². The van der Waals surface area contributed by atoms with Crippen molar-refractivity contribution in [2.75, 3.05) is 0 Å². The Bertz CT molecular complexity index is 160. The summed E-state index contributed by atoms with van der Waals surface area (Å²) in [7, 11) is 0. The Morgan fingerprint density at radius 2 is 0.500 bits per heavy atom. The molecule has 5 atom stereocenters. The molecule has 0 aliphatic carbocycles. The molecule has 0 spiro atoms. The van der Waals surface area contributed by atoms with E-state index in [-0.39, 0.29) is 0 Å². The molecule has 0 heterocycles. The average molecular weight is 226 g/mol. The molecule has 0 saturated carbocycles. The Kier molecular flexibility index (Phi) is 6.67. The third kappa shape index (κ3) is 4.11. The van der Waals surface area contributed by atoms with Crippen molar-refractivity contribution < 1.29 is 0 Å². The summed E-state index contributed by atoms with van der Waals surface area (Å²) in [5, 5.41) is 0. The van der Waals surface area contributed by atoms with Crippen LogP contribution in [0.15, 0.2) is 0 Å². The molecular formula is C16H34. The fourth-order valence-electron chi connectivity index (χ4n) is 2.65. The molecule has 0 aromatic carbocycles. The fourth-order valence-corrected chi connectivity index (χ4v) is 2.65. The predicted molar refractivity (Wildman–Crippen MR) is 75.5 cm³/mol. The van der Waals surface area contributed by atoms with Crippen LogP contribution in [0.4, 0.5) is 0 Å². The Morgan fingerprint density at radius 3 is 0.688 bits per heavy atom. The van der Waals surface area contributed by atoms with E-state index < -0.39 is 0 Å². The van der Waals surface area contributed by atoms with E-state index in [4.69, 9.17) is 0 Å². The summed E-state index contributed by atoms with van der Waals surface area (Å²) in [6.45, 7) is 21.6. The Balaban J connectivity index is 4.48. The lowest BCUT2D eigenvalue weighted by Gasteiger charge is -2.36. The lowest BCUT2D eigenvalue weighted by molar-refractivity contribution is 0.126. The fraction of sp³-hybridized carbons (Fsp3) is 1.00. The highest BCUT2D eigenvalue weighted by molar-refractivity contribution is 4.78. The molecule has 0 radical (unpaired) electrons. The summed E-state index contributed by atoms with van der Waals surface area (Å²) in [6.07, 6.45) is 0. The van der Waals surface area contributed by atoms with Crippen LogP contribution >= 0.6 is 0 Å². The lowest BCUT2D eigenvalue weighted by Crippen LogP contribution is -2.30. The molecule has 98 valence electrons. The van der Waals surface area contributed by atoms with Crippen molar-refractivity contribution in [2.24, 2.45) is 41.4 Å². The van der Waals surface area contributed by atoms with Gasteiger partial charge < -0.3 is 0 Å². The molecule has 3 unspecified atom stereocenters. The zero-order chi connectivity index (χ0) is 13.0. The molecular weight excluding hydrogens is 192 g/mol. The van der Waals surface area contributed by atoms with Gasteiger partial charge in [0.05, 0.1) is 0 Å². The normalized spacial score (nSPS) is 21.9. The summed E-state index contributed by atoms with van der Waals surface area (Å²) in [5.41, 5.74) is 0. The summed E-state index contributed by atoms with van der Waals surface area (Å²) in [5.74, 6) is 5.76. The second kappa shape index (κ2) is 6.67. The van der Waals surface area contributed by atoms with E-state index in [0.29, 0.717) is 0 Å². The Hall–Kier alpha value is 0. The third-order valence-electron chi connectivity index (χ3n) is 5.42. The van der Waals surface area contributed by atoms with Crippen molar-refractivity contribution in [1.29, 1.82) is 0 Å². The minimum atomic E-state index is 0.805. The van der Waals surface area contributed by atoms with Crippen LogP contribution < -0.4 is 0 Å². The van der Waals surface area contributed by atoms with E-state index in [9.17, 15) is 0 Å². The van der Waals surface area contributed by atoms with Gasteiger partial charge in [-0.05, 0) is 41.4 Å². The van der Waals surface area contributed by atoms with Crippen LogP contribution in [-0.4, -0.2) is 0 Å². The van der Waals surface area contributed by atoms with Crippen LogP contribution in [0.1, 0.15) is 62.3 Å². The second-order valence-electron chi connectivity index (χ2n) is 6.78. The average Bonchev–Trinajstić information content (AvgIpc) is 2.23. The van der Waals surface area contributed by atoms with Crippen molar-refractivity contribution in [2.45, 2.75) is 62.3 Å². The minimum Gasteiger partial charge on any atom is -0.0625 e. The van der Waals surface area contributed by atoms with E-state index in [1.807, 2.05) is 0 Å². The largest absolute Gasteiger partial charge is 0.0625 e. The molecule has 0 aromatic rings. The monoisotopic (exact) mass is 226 g/mol. The first-order chi connectivity index (χ1) is 7.20. The summed E-state index contributed by atoms with van der Waals surface area (Å²) >= 11 is 0. The highest BCUT2D eigenvalue weighted by atomic mass is 14.3. The lowest BCUT2D eigenvalue weighted by atomic mass is 9.69. The van der Waals surface area contributed by atoms with Gasteiger partial charge in [0, 0.05) is 0 Å². The molecule has 0 aliphatic rings. The van der Waals surface area contributed by atoms with Crippen molar-refractivity contribution in [3.05, 3.63) is 0 Å². The number of hydrogen-bond acceptors (Lipinski definition) is 0. The zero-order valence-electron chi connectivity index (χ0n) is 13.0. The van der Waals surface area contributed by atoms with Gasteiger partial charge in [0.15, 0.2) is 0 Å². The first-order valence-corrected chi connectivity index (χ1v) is 7.20. The van der Waals surface area contributed by atoms with Crippen molar-refractivity contribution in [1.82, 2.24) is 0 Å². The number of rotatable bonds is 6. The molecule has 0 nitrogen and oxygen atoms in total. The first-order valence-electron chi connectivity index (χ1n) is 7.20. The molecule has 0 aromatic heterocycles. The quantitative estimate of drug-likeness (QED) is 0.562. The van der Waals surface area contributed by atoms with Gasteiger partial charge in [0.2, 0.25) is 0 Å². The van der Waals surface area contributed by atoms with Crippen LogP contribution in [0, 0.1) is 41.4 Å². The maximum absolute atomic E-state index is 2.45. The van der Waals surface area contributed by atoms with Gasteiger partial charge in [0.1, 0.15) is 0 Å². The first kappa shape index (κ1) is 16.0. The van der Waals surface area contributed by atoms with E-state index in [0.717, 1.165) is 41.4 Å². The standard InChI is InChI=1S/C16H34/c1-10(2)12(5)14(7)16(9)15(8)13(6)11(3)4/h10-16H,1-9H3/t12-,13?,14?,15+,16?/m1/s1. The summed E-state index contributed by atoms with van der Waals surface area (Å²) in [4.78, 5) is 0. The predicted octanol–water partition coefficient (Wildman–Crippen LogP) is 5.48. The Labute approximate surface area is 104 Å². The van der Waals surface area contributed by atoms with Gasteiger partial charge in [-0.3, -0.25) is 0 Å². The van der Waals surface area contributed by atoms with Gasteiger partial charge in [0.25, 0.3) is 0 Å². The second-order valence-corrected chi connectivity index (χ2v) is 6.78. The zero-order valence-corrected chi connectivity index (χ0v) is 13.0. The topological polar surface area (TPSA) is 0 Å². The van der Waals surface area contributed by atoms with E-state index in [1.54, 1.807) is 0 Å². The number of hydrogen-bond donors (Lipinski definition) is 0. The highest BCUT2D eigenvalue weighted by Crippen LogP contribution is 2.36. The maximum Gasteiger partial charge on any atom is -0.0386 e. The SMILES string of the molecule is CC(C)C(C)[C@H](C)C(C)C(C)[C@H](C)C(C)C. The van der Waals surface area contributed by atoms with E-state index >= 15 is 0 Å².